The molecule has 3 aromatic rings. The molecule has 0 saturated heterocycles. The van der Waals surface area contributed by atoms with Gasteiger partial charge >= 0.3 is 6.18 Å². The Balaban J connectivity index is 1.77. The summed E-state index contributed by atoms with van der Waals surface area (Å²) >= 11 is 0. The van der Waals surface area contributed by atoms with Crippen molar-refractivity contribution in [3.05, 3.63) is 47.8 Å². The Morgan fingerprint density at radius 1 is 1.17 bits per heavy atom. The molecule has 0 bridgehead atoms. The molecule has 0 aliphatic carbocycles. The lowest BCUT2D eigenvalue weighted by Crippen LogP contribution is -2.43. The third kappa shape index (κ3) is 3.48. The van der Waals surface area contributed by atoms with E-state index in [1.807, 2.05) is 16.7 Å². The van der Waals surface area contributed by atoms with Crippen LogP contribution in [-0.4, -0.2) is 53.7 Å². The number of hydrogen-bond donors (Lipinski definition) is 0. The van der Waals surface area contributed by atoms with Crippen molar-refractivity contribution in [2.45, 2.75) is 12.6 Å². The van der Waals surface area contributed by atoms with Gasteiger partial charge in [-0.2, -0.15) is 13.2 Å². The van der Waals surface area contributed by atoms with Crippen molar-refractivity contribution in [2.75, 3.05) is 27.3 Å². The van der Waals surface area contributed by atoms with E-state index in [0.717, 1.165) is 16.2 Å². The van der Waals surface area contributed by atoms with Crippen LogP contribution in [0.2, 0.25) is 0 Å². The van der Waals surface area contributed by atoms with Gasteiger partial charge in [0.05, 0.1) is 31.7 Å². The first-order valence-corrected chi connectivity index (χ1v) is 8.89. The quantitative estimate of drug-likeness (QED) is 0.666. The van der Waals surface area contributed by atoms with Crippen molar-refractivity contribution in [2.24, 2.45) is 0 Å². The zero-order valence-electron chi connectivity index (χ0n) is 15.8. The van der Waals surface area contributed by atoms with Crippen LogP contribution in [0.5, 0.6) is 11.5 Å². The number of fused-ring (bicyclic) bond motifs is 2. The summed E-state index contributed by atoms with van der Waals surface area (Å²) in [5, 5.41) is 0. The molecule has 29 heavy (non-hydrogen) atoms. The van der Waals surface area contributed by atoms with Gasteiger partial charge in [0, 0.05) is 24.4 Å². The largest absolute Gasteiger partial charge is 0.497 e. The molecule has 1 aromatic carbocycles. The molecular formula is C20H18F3N3O3. The summed E-state index contributed by atoms with van der Waals surface area (Å²) in [5.74, 6) is 0.251. The van der Waals surface area contributed by atoms with Gasteiger partial charge in [0.2, 0.25) is 0 Å². The molecule has 1 aliphatic heterocycles. The van der Waals surface area contributed by atoms with Gasteiger partial charge in [-0.15, -0.1) is 0 Å². The van der Waals surface area contributed by atoms with Gasteiger partial charge in [0.1, 0.15) is 23.7 Å². The van der Waals surface area contributed by atoms with Gasteiger partial charge in [-0.25, -0.2) is 4.98 Å². The lowest BCUT2D eigenvalue weighted by atomic mass is 9.94. The molecule has 1 aliphatic rings. The van der Waals surface area contributed by atoms with Gasteiger partial charge in [-0.3, -0.25) is 9.20 Å². The topological polar surface area (TPSA) is 56.1 Å². The summed E-state index contributed by atoms with van der Waals surface area (Å²) < 4.78 is 50.8. The highest BCUT2D eigenvalue weighted by molar-refractivity contribution is 6.00. The Morgan fingerprint density at radius 2 is 1.97 bits per heavy atom. The lowest BCUT2D eigenvalue weighted by molar-refractivity contribution is -0.141. The van der Waals surface area contributed by atoms with Crippen LogP contribution in [-0.2, 0) is 6.42 Å². The summed E-state index contributed by atoms with van der Waals surface area (Å²) in [6.45, 7) is -1.27. The number of carbonyl (C=O) groups excluding carboxylic acids is 1. The molecule has 2 aromatic heterocycles. The Kier molecular flexibility index (Phi) is 4.60. The molecule has 3 heterocycles. The van der Waals surface area contributed by atoms with Gasteiger partial charge in [-0.05, 0) is 30.2 Å². The second-order valence-corrected chi connectivity index (χ2v) is 6.74. The molecule has 6 nitrogen and oxygen atoms in total. The molecule has 0 spiro atoms. The predicted octanol–water partition coefficient (Wildman–Crippen LogP) is 3.58. The minimum atomic E-state index is -4.45. The van der Waals surface area contributed by atoms with E-state index in [1.54, 1.807) is 31.5 Å². The van der Waals surface area contributed by atoms with Crippen molar-refractivity contribution in [1.29, 1.82) is 0 Å². The molecule has 0 saturated carbocycles. The number of nitrogens with zero attached hydrogens (tertiary/aromatic N) is 3. The van der Waals surface area contributed by atoms with Crippen molar-refractivity contribution < 1.29 is 27.4 Å². The fraction of sp³-hybridized carbons (Fsp3) is 0.300. The number of methoxy groups -OCH3 is 2. The molecule has 0 radical (unpaired) electrons. The van der Waals surface area contributed by atoms with Gasteiger partial charge in [0.15, 0.2) is 0 Å². The van der Waals surface area contributed by atoms with Crippen LogP contribution in [0.25, 0.3) is 16.9 Å². The summed E-state index contributed by atoms with van der Waals surface area (Å²) in [6.07, 6.45) is -0.626. The van der Waals surface area contributed by atoms with Crippen LogP contribution in [0, 0.1) is 0 Å². The number of hydrogen-bond acceptors (Lipinski definition) is 4. The number of carbonyl (C=O) groups is 1. The number of ether oxygens (including phenoxy) is 2. The number of aromatic nitrogens is 2. The van der Waals surface area contributed by atoms with E-state index < -0.39 is 18.6 Å². The normalized spacial score (nSPS) is 14.2. The zero-order valence-corrected chi connectivity index (χ0v) is 15.8. The Hall–Kier alpha value is -3.23. The van der Waals surface area contributed by atoms with Crippen molar-refractivity contribution in [3.63, 3.8) is 0 Å². The fourth-order valence-corrected chi connectivity index (χ4v) is 3.61. The number of imidazole rings is 1. The van der Waals surface area contributed by atoms with E-state index in [2.05, 4.69) is 4.98 Å². The summed E-state index contributed by atoms with van der Waals surface area (Å²) in [6, 6.07) is 7.06. The first-order chi connectivity index (χ1) is 13.8. The number of pyridine rings is 1. The van der Waals surface area contributed by atoms with Crippen LogP contribution in [0.3, 0.4) is 0 Å². The highest BCUT2D eigenvalue weighted by atomic mass is 19.4. The van der Waals surface area contributed by atoms with E-state index in [-0.39, 0.29) is 17.9 Å². The number of alkyl halides is 3. The monoisotopic (exact) mass is 405 g/mol. The number of amides is 1. The van der Waals surface area contributed by atoms with Crippen LogP contribution in [0.4, 0.5) is 13.2 Å². The summed E-state index contributed by atoms with van der Waals surface area (Å²) in [4.78, 5) is 17.9. The van der Waals surface area contributed by atoms with Gasteiger partial charge in [-0.1, -0.05) is 0 Å². The first kappa shape index (κ1) is 19.1. The average Bonchev–Trinajstić information content (AvgIpc) is 3.11. The minimum Gasteiger partial charge on any atom is -0.497 e. The van der Waals surface area contributed by atoms with Gasteiger partial charge < -0.3 is 14.4 Å². The maximum Gasteiger partial charge on any atom is 0.406 e. The Labute approximate surface area is 164 Å². The van der Waals surface area contributed by atoms with E-state index in [1.165, 1.54) is 7.11 Å². The van der Waals surface area contributed by atoms with Crippen LogP contribution in [0.15, 0.2) is 36.7 Å². The molecule has 152 valence electrons. The summed E-state index contributed by atoms with van der Waals surface area (Å²) in [7, 11) is 2.97. The second kappa shape index (κ2) is 6.98. The molecule has 1 amide bonds. The molecule has 0 unspecified atom stereocenters. The van der Waals surface area contributed by atoms with Crippen molar-refractivity contribution in [1.82, 2.24) is 14.3 Å². The van der Waals surface area contributed by atoms with E-state index in [9.17, 15) is 18.0 Å². The third-order valence-corrected chi connectivity index (χ3v) is 4.94. The van der Waals surface area contributed by atoms with E-state index >= 15 is 0 Å². The minimum absolute atomic E-state index is 0.00228. The Morgan fingerprint density at radius 3 is 2.66 bits per heavy atom. The number of benzene rings is 1. The second-order valence-electron chi connectivity index (χ2n) is 6.74. The molecule has 9 heteroatoms. The smallest absolute Gasteiger partial charge is 0.406 e. The maximum atomic E-state index is 12.8. The lowest BCUT2D eigenvalue weighted by Gasteiger charge is -2.30. The van der Waals surface area contributed by atoms with Gasteiger partial charge in [0.25, 0.3) is 5.91 Å². The molecular weight excluding hydrogens is 387 g/mol. The molecule has 0 atom stereocenters. The first-order valence-electron chi connectivity index (χ1n) is 8.89. The summed E-state index contributed by atoms with van der Waals surface area (Å²) in [5.41, 5.74) is 3.06. The third-order valence-electron chi connectivity index (χ3n) is 4.94. The molecule has 4 rings (SSSR count). The standard InChI is InChI=1S/C20H18F3N3O3/c1-28-14-4-6-26-15(10-24-17(26)9-14)13-7-12-3-5-25(11-20(21,22)23)19(27)18(12)16(8-13)29-2/h4,6-10H,3,5,11H2,1-2H3. The van der Waals surface area contributed by atoms with Crippen LogP contribution in [0.1, 0.15) is 15.9 Å². The number of halogens is 3. The highest BCUT2D eigenvalue weighted by Gasteiger charge is 2.37. The average molecular weight is 405 g/mol. The van der Waals surface area contributed by atoms with Crippen LogP contribution >= 0.6 is 0 Å². The number of rotatable bonds is 4. The zero-order chi connectivity index (χ0) is 20.8. The van der Waals surface area contributed by atoms with E-state index in [4.69, 9.17) is 9.47 Å². The molecule has 0 fully saturated rings. The van der Waals surface area contributed by atoms with Crippen molar-refractivity contribution >= 4 is 11.6 Å². The molecule has 0 N–H and O–H groups in total. The Bertz CT molecular complexity index is 1070. The SMILES string of the molecule is COc1ccn2c(-c3cc4c(c(OC)c3)C(=O)N(CC(F)(F)F)CC4)cnc2c1. The van der Waals surface area contributed by atoms with Crippen molar-refractivity contribution in [3.8, 4) is 22.8 Å². The highest BCUT2D eigenvalue weighted by Crippen LogP contribution is 2.35. The fourth-order valence-electron chi connectivity index (χ4n) is 3.61. The predicted molar refractivity (Wildman–Crippen MR) is 99.4 cm³/mol. The van der Waals surface area contributed by atoms with E-state index in [0.29, 0.717) is 23.4 Å². The maximum absolute atomic E-state index is 12.8. The van der Waals surface area contributed by atoms with Crippen LogP contribution < -0.4 is 9.47 Å².